The van der Waals surface area contributed by atoms with Gasteiger partial charge in [0, 0.05) is 48.8 Å². The molecule has 226 valence electrons. The molecule has 2 saturated carbocycles. The average molecular weight is 561 g/mol. The first-order valence-corrected chi connectivity index (χ1v) is 15.8. The molecule has 5 rings (SSSR count). The van der Waals surface area contributed by atoms with Gasteiger partial charge in [0.2, 0.25) is 0 Å². The van der Waals surface area contributed by atoms with Gasteiger partial charge in [0.05, 0.1) is 18.3 Å². The molecule has 4 bridgehead atoms. The molecule has 0 aromatic heterocycles. The van der Waals surface area contributed by atoms with E-state index >= 15 is 0 Å². The Kier molecular flexibility index (Phi) is 9.45. The summed E-state index contributed by atoms with van der Waals surface area (Å²) in [6, 6.07) is 0.692. The zero-order chi connectivity index (χ0) is 28.6. The number of carbonyl (C=O) groups excluding carboxylic acids is 1. The summed E-state index contributed by atoms with van der Waals surface area (Å²) in [5, 5.41) is 29.9. The number of nitrogens with one attached hydrogen (secondary N) is 2. The van der Waals surface area contributed by atoms with E-state index in [9.17, 15) is 15.0 Å². The molecule has 2 heterocycles. The topological polar surface area (TPSA) is 109 Å². The molecular weight excluding hydrogens is 508 g/mol. The third-order valence-electron chi connectivity index (χ3n) is 10.7. The van der Waals surface area contributed by atoms with Crippen molar-refractivity contribution in [3.05, 3.63) is 23.8 Å². The van der Waals surface area contributed by atoms with Gasteiger partial charge < -0.3 is 35.1 Å². The molecule has 5 aliphatic rings. The van der Waals surface area contributed by atoms with Crippen molar-refractivity contribution in [2.45, 2.75) is 121 Å². The minimum Gasteiger partial charge on any atom is -0.457 e. The fourth-order valence-corrected chi connectivity index (χ4v) is 8.64. The van der Waals surface area contributed by atoms with Crippen molar-refractivity contribution in [3.8, 4) is 0 Å². The van der Waals surface area contributed by atoms with Crippen LogP contribution in [0, 0.1) is 29.6 Å². The highest BCUT2D eigenvalue weighted by molar-refractivity contribution is 5.75. The van der Waals surface area contributed by atoms with Gasteiger partial charge in [-0.15, -0.1) is 0 Å². The highest BCUT2D eigenvalue weighted by Gasteiger charge is 2.68. The van der Waals surface area contributed by atoms with Gasteiger partial charge in [-0.05, 0) is 58.2 Å². The SMILES string of the molecule is COC1C[C@H]2C=C[C@H]3[C@H]4O[C@]2(/C(C)=C/[C@@H](C)[C@@H]([C@@H](C)O)OC1=O)[C@@H]3[C@H](O)C(C)[C@@H]4NCCCNC1CCCCC1. The molecule has 0 amide bonds. The van der Waals surface area contributed by atoms with E-state index in [1.165, 1.54) is 39.2 Å². The maximum Gasteiger partial charge on any atom is 0.335 e. The Morgan fingerprint density at radius 2 is 1.88 bits per heavy atom. The number of carbonyl (C=O) groups is 1. The molecule has 3 fully saturated rings. The predicted molar refractivity (Wildman–Crippen MR) is 154 cm³/mol. The van der Waals surface area contributed by atoms with Crippen molar-refractivity contribution < 1.29 is 29.2 Å². The van der Waals surface area contributed by atoms with E-state index in [0.717, 1.165) is 25.1 Å². The molecule has 2 aliphatic heterocycles. The number of aliphatic hydroxyl groups is 2. The van der Waals surface area contributed by atoms with Crippen molar-refractivity contribution in [2.75, 3.05) is 20.2 Å². The van der Waals surface area contributed by atoms with Crippen LogP contribution in [0.2, 0.25) is 0 Å². The van der Waals surface area contributed by atoms with Gasteiger partial charge in [-0.3, -0.25) is 0 Å². The summed E-state index contributed by atoms with van der Waals surface area (Å²) >= 11 is 0. The average Bonchev–Trinajstić information content (AvgIpc) is 3.13. The lowest BCUT2D eigenvalue weighted by atomic mass is 9.57. The lowest BCUT2D eigenvalue weighted by Crippen LogP contribution is -2.59. The fourth-order valence-electron chi connectivity index (χ4n) is 8.64. The monoisotopic (exact) mass is 560 g/mol. The second-order valence-corrected chi connectivity index (χ2v) is 13.3. The lowest BCUT2D eigenvalue weighted by molar-refractivity contribution is -0.172. The van der Waals surface area contributed by atoms with Crippen molar-refractivity contribution in [2.24, 2.45) is 29.6 Å². The van der Waals surface area contributed by atoms with Crippen molar-refractivity contribution in [1.29, 1.82) is 0 Å². The van der Waals surface area contributed by atoms with Crippen LogP contribution in [0.1, 0.15) is 72.6 Å². The number of methoxy groups -OCH3 is 1. The van der Waals surface area contributed by atoms with Crippen LogP contribution in [0.3, 0.4) is 0 Å². The van der Waals surface area contributed by atoms with Gasteiger partial charge in [-0.2, -0.15) is 0 Å². The summed E-state index contributed by atoms with van der Waals surface area (Å²) in [6.45, 7) is 9.72. The molecule has 0 radical (unpaired) electrons. The molecule has 40 heavy (non-hydrogen) atoms. The Bertz CT molecular complexity index is 948. The number of hydrogen-bond acceptors (Lipinski definition) is 8. The third-order valence-corrected chi connectivity index (χ3v) is 10.7. The third kappa shape index (κ3) is 5.45. The standard InChI is InChI=1S/C32H52N2O6/c1-18-16-19(2)32-22(17-25(38-5)31(37)39-29(18)21(4)35)12-13-24-26(32)28(36)20(3)27(30(24)40-32)34-15-9-14-33-23-10-7-6-8-11-23/h12-13,16,18,20-30,33-36H,6-11,14-15,17H2,1-5H3/b19-16+/t18-,20?,21-,22-,24-,25?,26+,27+,28-,29+,30-,32+/m1/s1. The van der Waals surface area contributed by atoms with Crippen LogP contribution < -0.4 is 10.6 Å². The summed E-state index contributed by atoms with van der Waals surface area (Å²) < 4.78 is 18.6. The highest BCUT2D eigenvalue weighted by atomic mass is 16.6. The van der Waals surface area contributed by atoms with Crippen LogP contribution in [0.5, 0.6) is 0 Å². The molecule has 2 unspecified atom stereocenters. The first-order valence-electron chi connectivity index (χ1n) is 15.8. The van der Waals surface area contributed by atoms with Gasteiger partial charge in [-0.25, -0.2) is 4.79 Å². The molecule has 3 aliphatic carbocycles. The Balaban J connectivity index is 1.38. The Labute approximate surface area is 240 Å². The number of cyclic esters (lactones) is 1. The number of ether oxygens (including phenoxy) is 3. The summed E-state index contributed by atoms with van der Waals surface area (Å²) in [5.74, 6) is -0.850. The summed E-state index contributed by atoms with van der Waals surface area (Å²) in [5.41, 5.74) is 0.289. The zero-order valence-electron chi connectivity index (χ0n) is 25.1. The zero-order valence-corrected chi connectivity index (χ0v) is 25.1. The first kappa shape index (κ1) is 30.2. The quantitative estimate of drug-likeness (QED) is 0.204. The van der Waals surface area contributed by atoms with Gasteiger partial charge in [0.25, 0.3) is 0 Å². The van der Waals surface area contributed by atoms with Gasteiger partial charge in [0.15, 0.2) is 6.10 Å². The largest absolute Gasteiger partial charge is 0.457 e. The molecule has 8 nitrogen and oxygen atoms in total. The van der Waals surface area contributed by atoms with E-state index in [1.807, 2.05) is 6.92 Å². The fraction of sp³-hybridized carbons (Fsp3) is 0.844. The second kappa shape index (κ2) is 12.5. The number of aliphatic hydroxyl groups excluding tert-OH is 2. The Hall–Kier alpha value is -1.29. The van der Waals surface area contributed by atoms with Crippen LogP contribution in [-0.4, -0.2) is 84.6 Å². The first-order chi connectivity index (χ1) is 19.2. The van der Waals surface area contributed by atoms with Crippen molar-refractivity contribution in [1.82, 2.24) is 10.6 Å². The predicted octanol–water partition coefficient (Wildman–Crippen LogP) is 3.12. The molecule has 0 aromatic carbocycles. The van der Waals surface area contributed by atoms with Crippen LogP contribution in [0.15, 0.2) is 23.8 Å². The second-order valence-electron chi connectivity index (χ2n) is 13.3. The molecule has 0 aromatic rings. The minimum atomic E-state index is -0.831. The van der Waals surface area contributed by atoms with Crippen LogP contribution in [0.25, 0.3) is 0 Å². The van der Waals surface area contributed by atoms with E-state index < -0.39 is 36.0 Å². The normalized spacial score (nSPS) is 45.8. The van der Waals surface area contributed by atoms with E-state index in [2.05, 4.69) is 42.7 Å². The highest BCUT2D eigenvalue weighted by Crippen LogP contribution is 2.60. The molecule has 4 N–H and O–H groups in total. The molecule has 1 spiro atoms. The van der Waals surface area contributed by atoms with Crippen molar-refractivity contribution in [3.63, 3.8) is 0 Å². The van der Waals surface area contributed by atoms with E-state index in [1.54, 1.807) is 6.92 Å². The number of esters is 1. The molecule has 8 heteroatoms. The lowest BCUT2D eigenvalue weighted by Gasteiger charge is -2.49. The van der Waals surface area contributed by atoms with Gasteiger partial charge >= 0.3 is 5.97 Å². The van der Waals surface area contributed by atoms with Crippen LogP contribution in [0.4, 0.5) is 0 Å². The smallest absolute Gasteiger partial charge is 0.335 e. The van der Waals surface area contributed by atoms with Crippen LogP contribution in [-0.2, 0) is 19.0 Å². The van der Waals surface area contributed by atoms with Gasteiger partial charge in [0.1, 0.15) is 11.7 Å². The minimum absolute atomic E-state index is 0.0260. The Morgan fingerprint density at radius 1 is 1.15 bits per heavy atom. The maximum atomic E-state index is 13.1. The molecular formula is C32H52N2O6. The maximum absolute atomic E-state index is 13.1. The van der Waals surface area contributed by atoms with E-state index in [-0.39, 0.29) is 41.7 Å². The summed E-state index contributed by atoms with van der Waals surface area (Å²) in [6.07, 6.45) is 11.6. The molecule has 1 saturated heterocycles. The Morgan fingerprint density at radius 3 is 2.58 bits per heavy atom. The number of hydrogen-bond donors (Lipinski definition) is 4. The van der Waals surface area contributed by atoms with Gasteiger partial charge in [-0.1, -0.05) is 51.3 Å². The van der Waals surface area contributed by atoms with E-state index in [0.29, 0.717) is 12.5 Å². The summed E-state index contributed by atoms with van der Waals surface area (Å²) in [4.78, 5) is 13.1. The molecule has 12 atom stereocenters. The van der Waals surface area contributed by atoms with E-state index in [4.69, 9.17) is 14.2 Å². The number of rotatable bonds is 8. The van der Waals surface area contributed by atoms with Crippen LogP contribution >= 0.6 is 0 Å². The van der Waals surface area contributed by atoms with Crippen molar-refractivity contribution >= 4 is 5.97 Å². The summed E-state index contributed by atoms with van der Waals surface area (Å²) in [7, 11) is 1.52.